The molecule has 1 aromatic rings. The smallest absolute Gasteiger partial charge is 0.165 e. The zero-order valence-electron chi connectivity index (χ0n) is 10.6. The number of aliphatic hydroxyl groups excluding tert-OH is 1. The summed E-state index contributed by atoms with van der Waals surface area (Å²) in [4.78, 5) is 0. The first-order valence-corrected chi connectivity index (χ1v) is 5.67. The Bertz CT molecular complexity index is 366. The molecule has 0 unspecified atom stereocenters. The highest BCUT2D eigenvalue weighted by Gasteiger charge is 2.16. The van der Waals surface area contributed by atoms with Crippen LogP contribution in [0.15, 0.2) is 18.2 Å². The van der Waals surface area contributed by atoms with E-state index >= 15 is 0 Å². The van der Waals surface area contributed by atoms with E-state index in [-0.39, 0.29) is 23.7 Å². The number of nitrogens with one attached hydrogen (secondary N) is 1. The lowest BCUT2D eigenvalue weighted by molar-refractivity contribution is 0.230. The van der Waals surface area contributed by atoms with Gasteiger partial charge < -0.3 is 15.2 Å². The Balaban J connectivity index is 2.61. The molecule has 0 saturated heterocycles. The van der Waals surface area contributed by atoms with E-state index in [0.29, 0.717) is 13.0 Å². The first-order chi connectivity index (χ1) is 7.98. The maximum absolute atomic E-state index is 13.4. The van der Waals surface area contributed by atoms with E-state index < -0.39 is 0 Å². The fraction of sp³-hybridized carbons (Fsp3) is 0.538. The molecule has 0 spiro atoms. The van der Waals surface area contributed by atoms with Crippen molar-refractivity contribution in [2.75, 3.05) is 13.7 Å². The molecule has 0 aliphatic heterocycles. The van der Waals surface area contributed by atoms with Crippen LogP contribution < -0.4 is 10.1 Å². The maximum atomic E-state index is 13.4. The van der Waals surface area contributed by atoms with Crippen molar-refractivity contribution in [3.8, 4) is 5.75 Å². The van der Waals surface area contributed by atoms with Gasteiger partial charge in [-0.1, -0.05) is 6.07 Å². The van der Waals surface area contributed by atoms with Gasteiger partial charge in [0, 0.05) is 18.7 Å². The average Bonchev–Trinajstić information content (AvgIpc) is 2.27. The minimum atomic E-state index is -0.355. The summed E-state index contributed by atoms with van der Waals surface area (Å²) in [7, 11) is 1.45. The van der Waals surface area contributed by atoms with Gasteiger partial charge in [-0.2, -0.15) is 0 Å². The van der Waals surface area contributed by atoms with E-state index in [4.69, 9.17) is 9.84 Å². The van der Waals surface area contributed by atoms with Crippen molar-refractivity contribution in [1.82, 2.24) is 5.32 Å². The van der Waals surface area contributed by atoms with E-state index in [1.807, 2.05) is 19.9 Å². The van der Waals surface area contributed by atoms with E-state index in [1.165, 1.54) is 13.2 Å². The summed E-state index contributed by atoms with van der Waals surface area (Å²) in [5, 5.41) is 12.2. The molecule has 17 heavy (non-hydrogen) atoms. The van der Waals surface area contributed by atoms with Gasteiger partial charge in [0.2, 0.25) is 0 Å². The Hall–Kier alpha value is -1.13. The number of methoxy groups -OCH3 is 1. The zero-order chi connectivity index (χ0) is 12.9. The van der Waals surface area contributed by atoms with Gasteiger partial charge in [-0.3, -0.25) is 0 Å². The van der Waals surface area contributed by atoms with Crippen molar-refractivity contribution in [1.29, 1.82) is 0 Å². The van der Waals surface area contributed by atoms with Crippen LogP contribution in [0, 0.1) is 5.82 Å². The Labute approximate surface area is 102 Å². The van der Waals surface area contributed by atoms with Gasteiger partial charge in [0.15, 0.2) is 11.6 Å². The van der Waals surface area contributed by atoms with Crippen LogP contribution in [0.4, 0.5) is 4.39 Å². The molecule has 0 heterocycles. The summed E-state index contributed by atoms with van der Waals surface area (Å²) in [5.74, 6) is -0.102. The van der Waals surface area contributed by atoms with Gasteiger partial charge in [0.25, 0.3) is 0 Å². The highest BCUT2D eigenvalue weighted by Crippen LogP contribution is 2.18. The standard InChI is InChI=1S/C13H20FNO2/c1-13(2,6-7-16)15-9-10-4-5-12(17-3)11(14)8-10/h4-5,8,15-16H,6-7,9H2,1-3H3. The Morgan fingerprint density at radius 3 is 2.65 bits per heavy atom. The molecule has 2 N–H and O–H groups in total. The molecule has 96 valence electrons. The minimum Gasteiger partial charge on any atom is -0.494 e. The third kappa shape index (κ3) is 4.32. The predicted octanol–water partition coefficient (Wildman–Crippen LogP) is 2.08. The summed E-state index contributed by atoms with van der Waals surface area (Å²) in [5.41, 5.74) is 0.694. The largest absolute Gasteiger partial charge is 0.494 e. The zero-order valence-corrected chi connectivity index (χ0v) is 10.6. The first-order valence-electron chi connectivity index (χ1n) is 5.67. The average molecular weight is 241 g/mol. The molecule has 4 heteroatoms. The van der Waals surface area contributed by atoms with E-state index in [9.17, 15) is 4.39 Å². The number of halogens is 1. The van der Waals surface area contributed by atoms with Gasteiger partial charge in [0.1, 0.15) is 0 Å². The third-order valence-corrected chi connectivity index (χ3v) is 2.72. The van der Waals surface area contributed by atoms with Crippen LogP contribution in [-0.2, 0) is 6.54 Å². The lowest BCUT2D eigenvalue weighted by Gasteiger charge is -2.25. The Morgan fingerprint density at radius 1 is 1.41 bits per heavy atom. The van der Waals surface area contributed by atoms with Gasteiger partial charge in [-0.15, -0.1) is 0 Å². The first kappa shape index (κ1) is 13.9. The second kappa shape index (κ2) is 5.98. The van der Waals surface area contributed by atoms with E-state index in [1.54, 1.807) is 6.07 Å². The second-order valence-electron chi connectivity index (χ2n) is 4.68. The molecule has 0 aliphatic carbocycles. The summed E-state index contributed by atoms with van der Waals surface area (Å²) in [6, 6.07) is 4.90. The maximum Gasteiger partial charge on any atom is 0.165 e. The molecule has 0 atom stereocenters. The van der Waals surface area contributed by atoms with Crippen molar-refractivity contribution in [3.63, 3.8) is 0 Å². The quantitative estimate of drug-likeness (QED) is 0.801. The molecule has 0 amide bonds. The van der Waals surface area contributed by atoms with Gasteiger partial charge in [0.05, 0.1) is 7.11 Å². The molecule has 0 aliphatic rings. The van der Waals surface area contributed by atoms with Crippen molar-refractivity contribution in [2.24, 2.45) is 0 Å². The topological polar surface area (TPSA) is 41.5 Å². The highest BCUT2D eigenvalue weighted by atomic mass is 19.1. The van der Waals surface area contributed by atoms with Crippen LogP contribution in [0.25, 0.3) is 0 Å². The predicted molar refractivity (Wildman–Crippen MR) is 65.6 cm³/mol. The van der Waals surface area contributed by atoms with Crippen LogP contribution in [-0.4, -0.2) is 24.4 Å². The van der Waals surface area contributed by atoms with Gasteiger partial charge in [-0.05, 0) is 38.0 Å². The number of aliphatic hydroxyl groups is 1. The molecule has 0 saturated carbocycles. The molecular weight excluding hydrogens is 221 g/mol. The number of rotatable bonds is 6. The van der Waals surface area contributed by atoms with Crippen molar-refractivity contribution < 1.29 is 14.2 Å². The normalized spacial score (nSPS) is 11.6. The number of hydrogen-bond acceptors (Lipinski definition) is 3. The second-order valence-corrected chi connectivity index (χ2v) is 4.68. The fourth-order valence-electron chi connectivity index (χ4n) is 1.53. The Kier molecular flexibility index (Phi) is 4.90. The van der Waals surface area contributed by atoms with Gasteiger partial charge >= 0.3 is 0 Å². The van der Waals surface area contributed by atoms with Crippen molar-refractivity contribution in [3.05, 3.63) is 29.6 Å². The van der Waals surface area contributed by atoms with E-state index in [0.717, 1.165) is 5.56 Å². The number of hydrogen-bond donors (Lipinski definition) is 2. The Morgan fingerprint density at radius 2 is 2.12 bits per heavy atom. The molecule has 3 nitrogen and oxygen atoms in total. The molecule has 1 rings (SSSR count). The van der Waals surface area contributed by atoms with Crippen LogP contribution in [0.3, 0.4) is 0 Å². The number of benzene rings is 1. The molecule has 0 aromatic heterocycles. The summed E-state index contributed by atoms with van der Waals surface area (Å²) >= 11 is 0. The molecular formula is C13H20FNO2. The monoisotopic (exact) mass is 241 g/mol. The summed E-state index contributed by atoms with van der Waals surface area (Å²) in [6.45, 7) is 4.71. The lowest BCUT2D eigenvalue weighted by atomic mass is 10.0. The highest BCUT2D eigenvalue weighted by molar-refractivity contribution is 5.29. The van der Waals surface area contributed by atoms with Crippen LogP contribution >= 0.6 is 0 Å². The van der Waals surface area contributed by atoms with Crippen molar-refractivity contribution >= 4 is 0 Å². The van der Waals surface area contributed by atoms with Gasteiger partial charge in [-0.25, -0.2) is 4.39 Å². The lowest BCUT2D eigenvalue weighted by Crippen LogP contribution is -2.39. The fourth-order valence-corrected chi connectivity index (χ4v) is 1.53. The van der Waals surface area contributed by atoms with Crippen LogP contribution in [0.5, 0.6) is 5.75 Å². The van der Waals surface area contributed by atoms with Crippen LogP contribution in [0.1, 0.15) is 25.8 Å². The third-order valence-electron chi connectivity index (χ3n) is 2.72. The molecule has 0 radical (unpaired) electrons. The van der Waals surface area contributed by atoms with E-state index in [2.05, 4.69) is 5.32 Å². The van der Waals surface area contributed by atoms with Crippen LogP contribution in [0.2, 0.25) is 0 Å². The molecule has 0 fully saturated rings. The molecule has 1 aromatic carbocycles. The molecule has 0 bridgehead atoms. The number of ether oxygens (including phenoxy) is 1. The summed E-state index contributed by atoms with van der Waals surface area (Å²) < 4.78 is 18.3. The summed E-state index contributed by atoms with van der Waals surface area (Å²) in [6.07, 6.45) is 0.658. The minimum absolute atomic E-state index is 0.136. The SMILES string of the molecule is COc1ccc(CNC(C)(C)CCO)cc1F. The van der Waals surface area contributed by atoms with Crippen molar-refractivity contribution in [2.45, 2.75) is 32.4 Å².